The number of hydrogen-bond donors (Lipinski definition) is 2. The van der Waals surface area contributed by atoms with Gasteiger partial charge in [-0.15, -0.1) is 0 Å². The van der Waals surface area contributed by atoms with Gasteiger partial charge in [0, 0.05) is 50.2 Å². The minimum Gasteiger partial charge on any atom is -0.481 e. The molecule has 10 heteroatoms. The fourth-order valence-corrected chi connectivity index (χ4v) is 16.8. The maximum atomic E-state index is 13.6. The van der Waals surface area contributed by atoms with Crippen LogP contribution in [-0.4, -0.2) is 90.8 Å². The third-order valence-electron chi connectivity index (χ3n) is 19.3. The molecule has 0 aromatic carbocycles. The lowest BCUT2D eigenvalue weighted by atomic mass is 9.32. The van der Waals surface area contributed by atoms with Crippen molar-refractivity contribution >= 4 is 22.0 Å². The number of ether oxygens (including phenoxy) is 1. The van der Waals surface area contributed by atoms with Gasteiger partial charge in [-0.1, -0.05) is 60.6 Å². The molecule has 7 rings (SSSR count). The Kier molecular flexibility index (Phi) is 10.9. The molecule has 1 saturated heterocycles. The molecule has 0 unspecified atom stereocenters. The summed E-state index contributed by atoms with van der Waals surface area (Å²) in [4.78, 5) is 27.9. The number of piperazine rings is 1. The molecule has 1 heterocycles. The van der Waals surface area contributed by atoms with E-state index in [0.29, 0.717) is 49.1 Å². The van der Waals surface area contributed by atoms with Crippen LogP contribution in [0.3, 0.4) is 0 Å². The number of esters is 1. The summed E-state index contributed by atoms with van der Waals surface area (Å²) in [7, 11) is -3.20. The number of carbonyl (C=O) groups is 2. The Balaban J connectivity index is 1.05. The first-order chi connectivity index (χ1) is 26.0. The number of hydrogen-bond acceptors (Lipinski definition) is 7. The second kappa shape index (κ2) is 14.3. The van der Waals surface area contributed by atoms with Gasteiger partial charge in [-0.25, -0.2) is 8.42 Å². The van der Waals surface area contributed by atoms with Gasteiger partial charge in [-0.3, -0.25) is 14.5 Å². The molecule has 0 spiro atoms. The summed E-state index contributed by atoms with van der Waals surface area (Å²) in [6.45, 7) is 31.6. The summed E-state index contributed by atoms with van der Waals surface area (Å²) in [6.07, 6.45) is 12.0. The lowest BCUT2D eigenvalue weighted by Crippen LogP contribution is -2.69. The molecule has 7 fully saturated rings. The Morgan fingerprint density at radius 3 is 2.11 bits per heavy atom. The molecular weight excluding hydrogens is 723 g/mol. The molecule has 7 aliphatic rings. The number of sulfonamides is 1. The summed E-state index contributed by atoms with van der Waals surface area (Å²) in [5.74, 6) is 1.01. The van der Waals surface area contributed by atoms with Crippen molar-refractivity contribution < 1.29 is 27.9 Å². The number of carbonyl (C=O) groups excluding carboxylic acids is 1. The average Bonchev–Trinajstić information content (AvgIpc) is 3.49. The molecule has 56 heavy (non-hydrogen) atoms. The number of nitrogens with zero attached hydrogens (tertiary/aromatic N) is 2. The molecule has 318 valence electrons. The van der Waals surface area contributed by atoms with E-state index < -0.39 is 27.3 Å². The van der Waals surface area contributed by atoms with Crippen molar-refractivity contribution in [1.82, 2.24) is 14.5 Å². The summed E-state index contributed by atoms with van der Waals surface area (Å²) < 4.78 is 33.7. The molecule has 6 aliphatic carbocycles. The standard InChI is InChI=1S/C46H77N3O6S/c1-29(2)31-14-19-46(47-22-23-48-24-26-49(27-25-48)56(53,54)30(3)4)21-20-44(10)32(38(31)46)12-13-36-43(9)17-16-37(42(7,8)35(43)15-18-45(36,44)11)55-40(52)34-28-33(39(50)51)41(34,5)6/h30-38,47H,1,12-28H2,2-11H3,(H,50,51)/t31-,32+,33-,34+,35-,36+,37-,38+,43-,44+,45+,46-/m0/s1. The summed E-state index contributed by atoms with van der Waals surface area (Å²) >= 11 is 0. The van der Waals surface area contributed by atoms with Crippen LogP contribution in [0.1, 0.15) is 140 Å². The third kappa shape index (κ3) is 6.32. The van der Waals surface area contributed by atoms with Gasteiger partial charge in [-0.05, 0) is 143 Å². The Labute approximate surface area is 339 Å². The van der Waals surface area contributed by atoms with Crippen LogP contribution in [0.25, 0.3) is 0 Å². The fraction of sp³-hybridized carbons (Fsp3) is 0.913. The van der Waals surface area contributed by atoms with Gasteiger partial charge in [0.25, 0.3) is 0 Å². The first-order valence-electron chi connectivity index (χ1n) is 22.5. The highest BCUT2D eigenvalue weighted by molar-refractivity contribution is 7.89. The highest BCUT2D eigenvalue weighted by Gasteiger charge is 2.71. The van der Waals surface area contributed by atoms with Crippen LogP contribution in [0.15, 0.2) is 12.2 Å². The largest absolute Gasteiger partial charge is 0.481 e. The highest BCUT2D eigenvalue weighted by Crippen LogP contribution is 2.76. The zero-order valence-corrected chi connectivity index (χ0v) is 37.5. The molecule has 9 nitrogen and oxygen atoms in total. The van der Waals surface area contributed by atoms with Crippen molar-refractivity contribution in [3.05, 3.63) is 12.2 Å². The van der Waals surface area contributed by atoms with Gasteiger partial charge in [-0.2, -0.15) is 4.31 Å². The number of carboxylic acid groups (broad SMARTS) is 1. The van der Waals surface area contributed by atoms with Gasteiger partial charge >= 0.3 is 11.9 Å². The minimum atomic E-state index is -3.20. The summed E-state index contributed by atoms with van der Waals surface area (Å²) in [5, 5.41) is 13.6. The first-order valence-corrected chi connectivity index (χ1v) is 24.0. The predicted octanol–water partition coefficient (Wildman–Crippen LogP) is 8.00. The molecule has 0 aromatic rings. The van der Waals surface area contributed by atoms with E-state index in [9.17, 15) is 23.1 Å². The lowest BCUT2D eigenvalue weighted by molar-refractivity contribution is -0.248. The number of fused-ring (bicyclic) bond motifs is 7. The minimum absolute atomic E-state index is 0.129. The fourth-order valence-electron chi connectivity index (χ4n) is 15.6. The van der Waals surface area contributed by atoms with Crippen LogP contribution in [0.4, 0.5) is 0 Å². The van der Waals surface area contributed by atoms with Crippen LogP contribution < -0.4 is 5.32 Å². The Morgan fingerprint density at radius 2 is 1.50 bits per heavy atom. The second-order valence-electron chi connectivity index (χ2n) is 22.4. The van der Waals surface area contributed by atoms with Crippen molar-refractivity contribution in [2.45, 2.75) is 157 Å². The zero-order chi connectivity index (χ0) is 41.0. The van der Waals surface area contributed by atoms with Gasteiger partial charge in [0.05, 0.1) is 17.1 Å². The molecule has 0 bridgehead atoms. The number of carboxylic acids is 1. The summed E-state index contributed by atoms with van der Waals surface area (Å²) in [6, 6.07) is 0. The van der Waals surface area contributed by atoms with Gasteiger partial charge in [0.15, 0.2) is 0 Å². The SMILES string of the molecule is C=C(C)[C@@H]1CC[C@]2(NCCN3CCN(S(=O)(=O)C(C)C)CC3)CC[C@]3(C)[C@H](CC[C@@H]4[C@@]5(C)CC[C@H](OC(=O)[C@H]6C[C@@H](C(=O)O)C6(C)C)C(C)(C)[C@@H]5CC[C@]43C)[C@@H]12. The smallest absolute Gasteiger partial charge is 0.309 e. The molecule has 0 radical (unpaired) electrons. The Morgan fingerprint density at radius 1 is 0.821 bits per heavy atom. The van der Waals surface area contributed by atoms with Crippen molar-refractivity contribution in [1.29, 1.82) is 0 Å². The Bertz CT molecular complexity index is 1670. The predicted molar refractivity (Wildman–Crippen MR) is 222 cm³/mol. The normalized spacial score (nSPS) is 44.8. The van der Waals surface area contributed by atoms with Crippen LogP contribution in [-0.2, 0) is 24.3 Å². The molecule has 0 aromatic heterocycles. The van der Waals surface area contributed by atoms with E-state index >= 15 is 0 Å². The topological polar surface area (TPSA) is 116 Å². The maximum Gasteiger partial charge on any atom is 0.309 e. The van der Waals surface area contributed by atoms with E-state index in [1.165, 1.54) is 50.5 Å². The number of nitrogens with one attached hydrogen (secondary N) is 1. The quantitative estimate of drug-likeness (QED) is 0.169. The zero-order valence-electron chi connectivity index (χ0n) is 36.7. The number of rotatable bonds is 10. The van der Waals surface area contributed by atoms with Crippen LogP contribution >= 0.6 is 0 Å². The van der Waals surface area contributed by atoms with Crippen molar-refractivity contribution in [3.63, 3.8) is 0 Å². The van der Waals surface area contributed by atoms with Crippen molar-refractivity contribution in [2.24, 2.45) is 68.5 Å². The van der Waals surface area contributed by atoms with E-state index in [0.717, 1.165) is 45.4 Å². The number of aliphatic carboxylic acids is 1. The summed E-state index contributed by atoms with van der Waals surface area (Å²) in [5.41, 5.74) is 1.39. The first kappa shape index (κ1) is 42.6. The van der Waals surface area contributed by atoms with Crippen molar-refractivity contribution in [3.8, 4) is 0 Å². The van der Waals surface area contributed by atoms with Crippen LogP contribution in [0.2, 0.25) is 0 Å². The molecule has 6 saturated carbocycles. The Hall–Kier alpha value is -1.49. The highest BCUT2D eigenvalue weighted by atomic mass is 32.2. The average molecular weight is 800 g/mol. The van der Waals surface area contributed by atoms with Gasteiger partial charge in [0.1, 0.15) is 6.10 Å². The molecular formula is C46H77N3O6S. The monoisotopic (exact) mass is 800 g/mol. The molecule has 12 atom stereocenters. The van der Waals surface area contributed by atoms with E-state index in [1.54, 1.807) is 18.2 Å². The second-order valence-corrected chi connectivity index (χ2v) is 24.9. The maximum absolute atomic E-state index is 13.6. The molecule has 2 N–H and O–H groups in total. The molecule has 1 aliphatic heterocycles. The number of allylic oxidation sites excluding steroid dienone is 1. The molecule has 0 amide bonds. The van der Waals surface area contributed by atoms with E-state index in [4.69, 9.17) is 4.74 Å². The van der Waals surface area contributed by atoms with E-state index in [1.807, 2.05) is 13.8 Å². The van der Waals surface area contributed by atoms with Crippen LogP contribution in [0, 0.1) is 68.5 Å². The van der Waals surface area contributed by atoms with Gasteiger partial charge in [0.2, 0.25) is 10.0 Å². The third-order valence-corrected chi connectivity index (χ3v) is 21.6. The lowest BCUT2D eigenvalue weighted by Gasteiger charge is -2.73. The van der Waals surface area contributed by atoms with Crippen LogP contribution in [0.5, 0.6) is 0 Å². The van der Waals surface area contributed by atoms with Gasteiger partial charge < -0.3 is 15.2 Å². The van der Waals surface area contributed by atoms with E-state index in [-0.39, 0.29) is 50.4 Å². The van der Waals surface area contributed by atoms with E-state index in [2.05, 4.69) is 58.3 Å². The van der Waals surface area contributed by atoms with Crippen molar-refractivity contribution in [2.75, 3.05) is 39.3 Å².